The van der Waals surface area contributed by atoms with Crippen LogP contribution in [0.4, 0.5) is 0 Å². The van der Waals surface area contributed by atoms with Crippen LogP contribution < -0.4 is 5.32 Å². The first-order chi connectivity index (χ1) is 9.05. The third-order valence-electron chi connectivity index (χ3n) is 5.20. The van der Waals surface area contributed by atoms with E-state index in [-0.39, 0.29) is 0 Å². The molecule has 2 rings (SSSR count). The molecular formula is C18H29N. The summed E-state index contributed by atoms with van der Waals surface area (Å²) in [7, 11) is 2.13. The first kappa shape index (κ1) is 14.6. The highest BCUT2D eigenvalue weighted by molar-refractivity contribution is 5.30. The molecule has 1 aromatic rings. The predicted molar refractivity (Wildman–Crippen MR) is 83.7 cm³/mol. The Balaban J connectivity index is 2.11. The average Bonchev–Trinajstić information content (AvgIpc) is 2.40. The van der Waals surface area contributed by atoms with Crippen molar-refractivity contribution in [3.8, 4) is 0 Å². The van der Waals surface area contributed by atoms with Crippen LogP contribution in [-0.4, -0.2) is 13.1 Å². The summed E-state index contributed by atoms with van der Waals surface area (Å²) in [5, 5.41) is 3.59. The fourth-order valence-corrected chi connectivity index (χ4v) is 3.57. The zero-order valence-electron chi connectivity index (χ0n) is 13.1. The largest absolute Gasteiger partial charge is 0.316 e. The fraction of sp³-hybridized carbons (Fsp3) is 0.667. The molecule has 1 aliphatic carbocycles. The van der Waals surface area contributed by atoms with Gasteiger partial charge in [0.05, 0.1) is 0 Å². The number of aryl methyl sites for hydroxylation is 2. The van der Waals surface area contributed by atoms with Gasteiger partial charge >= 0.3 is 0 Å². The van der Waals surface area contributed by atoms with Crippen molar-refractivity contribution in [1.29, 1.82) is 0 Å². The lowest BCUT2D eigenvalue weighted by Gasteiger charge is -2.41. The third-order valence-corrected chi connectivity index (χ3v) is 5.20. The molecule has 1 N–H and O–H groups in total. The van der Waals surface area contributed by atoms with Gasteiger partial charge in [-0.25, -0.2) is 0 Å². The van der Waals surface area contributed by atoms with E-state index in [1.54, 1.807) is 0 Å². The molecule has 0 heterocycles. The van der Waals surface area contributed by atoms with Crippen LogP contribution in [-0.2, 0) is 6.42 Å². The molecule has 1 aromatic carbocycles. The minimum atomic E-state index is 0.478. The Labute approximate surface area is 118 Å². The average molecular weight is 259 g/mol. The van der Waals surface area contributed by atoms with Crippen LogP contribution in [0.15, 0.2) is 18.2 Å². The van der Waals surface area contributed by atoms with Crippen molar-refractivity contribution >= 4 is 0 Å². The minimum Gasteiger partial charge on any atom is -0.316 e. The van der Waals surface area contributed by atoms with Crippen LogP contribution in [0.1, 0.15) is 55.7 Å². The Hall–Kier alpha value is -0.820. The normalized spacial score (nSPS) is 20.2. The molecule has 106 valence electrons. The molecule has 1 heteroatoms. The van der Waals surface area contributed by atoms with E-state index in [0.29, 0.717) is 11.5 Å². The molecule has 0 aromatic heterocycles. The maximum Gasteiger partial charge on any atom is 0.0158 e. The van der Waals surface area contributed by atoms with Gasteiger partial charge in [0.15, 0.2) is 0 Å². The Bertz CT molecular complexity index is 416. The highest BCUT2D eigenvalue weighted by atomic mass is 14.9. The van der Waals surface area contributed by atoms with E-state index in [4.69, 9.17) is 0 Å². The Kier molecular flexibility index (Phi) is 4.67. The molecular weight excluding hydrogens is 230 g/mol. The molecule has 1 atom stereocenters. The molecule has 1 unspecified atom stereocenters. The summed E-state index contributed by atoms with van der Waals surface area (Å²) >= 11 is 0. The molecule has 0 saturated heterocycles. The Morgan fingerprint density at radius 1 is 1.11 bits per heavy atom. The molecule has 0 amide bonds. The quantitative estimate of drug-likeness (QED) is 0.845. The van der Waals surface area contributed by atoms with Crippen molar-refractivity contribution < 1.29 is 0 Å². The van der Waals surface area contributed by atoms with Crippen LogP contribution in [0, 0.1) is 19.3 Å². The van der Waals surface area contributed by atoms with Gasteiger partial charge in [0.25, 0.3) is 0 Å². The lowest BCUT2D eigenvalue weighted by atomic mass is 9.69. The third kappa shape index (κ3) is 3.39. The first-order valence-electron chi connectivity index (χ1n) is 7.78. The lowest BCUT2D eigenvalue weighted by molar-refractivity contribution is 0.149. The van der Waals surface area contributed by atoms with Crippen LogP contribution in [0.5, 0.6) is 0 Å². The zero-order valence-corrected chi connectivity index (χ0v) is 13.1. The standard InChI is InChI=1S/C18H29N/c1-14-8-9-16(12-15(14)2)13-17(19-4)18(3)10-6-5-7-11-18/h8-9,12,17,19H,5-7,10-11,13H2,1-4H3. The van der Waals surface area contributed by atoms with Crippen LogP contribution in [0.2, 0.25) is 0 Å². The summed E-state index contributed by atoms with van der Waals surface area (Å²) < 4.78 is 0. The maximum absolute atomic E-state index is 3.59. The van der Waals surface area contributed by atoms with Crippen molar-refractivity contribution in [3.63, 3.8) is 0 Å². The van der Waals surface area contributed by atoms with Crippen molar-refractivity contribution in [2.75, 3.05) is 7.05 Å². The molecule has 1 fully saturated rings. The zero-order chi connectivity index (χ0) is 13.9. The van der Waals surface area contributed by atoms with Gasteiger partial charge in [-0.2, -0.15) is 0 Å². The molecule has 1 aliphatic rings. The second kappa shape index (κ2) is 6.09. The van der Waals surface area contributed by atoms with E-state index in [0.717, 1.165) is 6.42 Å². The Morgan fingerprint density at radius 3 is 2.37 bits per heavy atom. The highest BCUT2D eigenvalue weighted by Gasteiger charge is 2.34. The van der Waals surface area contributed by atoms with E-state index in [1.165, 1.54) is 48.8 Å². The van der Waals surface area contributed by atoms with E-state index in [2.05, 4.69) is 51.3 Å². The molecule has 0 spiro atoms. The fourth-order valence-electron chi connectivity index (χ4n) is 3.57. The van der Waals surface area contributed by atoms with Gasteiger partial charge in [0, 0.05) is 6.04 Å². The van der Waals surface area contributed by atoms with Gasteiger partial charge in [0.2, 0.25) is 0 Å². The van der Waals surface area contributed by atoms with E-state index < -0.39 is 0 Å². The van der Waals surface area contributed by atoms with Crippen molar-refractivity contribution in [3.05, 3.63) is 34.9 Å². The molecule has 1 saturated carbocycles. The van der Waals surface area contributed by atoms with Crippen molar-refractivity contribution in [2.24, 2.45) is 5.41 Å². The van der Waals surface area contributed by atoms with Crippen molar-refractivity contribution in [2.45, 2.75) is 65.3 Å². The topological polar surface area (TPSA) is 12.0 Å². The maximum atomic E-state index is 3.59. The second-order valence-electron chi connectivity index (χ2n) is 6.68. The predicted octanol–water partition coefficient (Wildman–Crippen LogP) is 4.40. The first-order valence-corrected chi connectivity index (χ1v) is 7.78. The van der Waals surface area contributed by atoms with Gasteiger partial charge < -0.3 is 5.32 Å². The number of hydrogen-bond acceptors (Lipinski definition) is 1. The number of nitrogens with one attached hydrogen (secondary N) is 1. The minimum absolute atomic E-state index is 0.478. The monoisotopic (exact) mass is 259 g/mol. The molecule has 1 nitrogen and oxygen atoms in total. The summed E-state index contributed by atoms with van der Waals surface area (Å²) in [6.45, 7) is 6.89. The van der Waals surface area contributed by atoms with Gasteiger partial charge in [0.1, 0.15) is 0 Å². The van der Waals surface area contributed by atoms with Gasteiger partial charge in [-0.05, 0) is 62.3 Å². The molecule has 0 radical (unpaired) electrons. The number of benzene rings is 1. The summed E-state index contributed by atoms with van der Waals surface area (Å²) in [6, 6.07) is 7.54. The van der Waals surface area contributed by atoms with Gasteiger partial charge in [-0.1, -0.05) is 44.4 Å². The highest BCUT2D eigenvalue weighted by Crippen LogP contribution is 2.39. The van der Waals surface area contributed by atoms with Crippen LogP contribution in [0.25, 0.3) is 0 Å². The summed E-state index contributed by atoms with van der Waals surface area (Å²) in [4.78, 5) is 0. The summed E-state index contributed by atoms with van der Waals surface area (Å²) in [6.07, 6.45) is 8.15. The van der Waals surface area contributed by atoms with Gasteiger partial charge in [-0.15, -0.1) is 0 Å². The smallest absolute Gasteiger partial charge is 0.0158 e. The van der Waals surface area contributed by atoms with E-state index in [9.17, 15) is 0 Å². The van der Waals surface area contributed by atoms with Gasteiger partial charge in [-0.3, -0.25) is 0 Å². The number of likely N-dealkylation sites (N-methyl/N-ethyl adjacent to an activating group) is 1. The second-order valence-corrected chi connectivity index (χ2v) is 6.68. The van der Waals surface area contributed by atoms with E-state index >= 15 is 0 Å². The molecule has 0 aliphatic heterocycles. The SMILES string of the molecule is CNC(Cc1ccc(C)c(C)c1)C1(C)CCCCC1. The lowest BCUT2D eigenvalue weighted by Crippen LogP contribution is -2.44. The summed E-state index contributed by atoms with van der Waals surface area (Å²) in [5.74, 6) is 0. The molecule has 0 bridgehead atoms. The Morgan fingerprint density at radius 2 is 1.79 bits per heavy atom. The molecule has 19 heavy (non-hydrogen) atoms. The van der Waals surface area contributed by atoms with Crippen LogP contribution >= 0.6 is 0 Å². The van der Waals surface area contributed by atoms with Crippen molar-refractivity contribution in [1.82, 2.24) is 5.32 Å². The number of rotatable bonds is 4. The summed E-state index contributed by atoms with van der Waals surface area (Å²) in [5.41, 5.74) is 4.77. The van der Waals surface area contributed by atoms with Crippen LogP contribution in [0.3, 0.4) is 0 Å². The number of hydrogen-bond donors (Lipinski definition) is 1. The van der Waals surface area contributed by atoms with E-state index in [1.807, 2.05) is 0 Å².